The highest BCUT2D eigenvalue weighted by molar-refractivity contribution is 7.85. The number of aryl methyl sites for hydroxylation is 1. The highest BCUT2D eigenvalue weighted by atomic mass is 32.2. The SMILES string of the molecule is CCCCCCCCOCCCCCCCCc1ccc(S(=O)(=O)O)cc1. The smallest absolute Gasteiger partial charge is 0.294 e. The van der Waals surface area contributed by atoms with Crippen LogP contribution in [0.25, 0.3) is 0 Å². The molecule has 0 saturated carbocycles. The molecule has 1 aromatic carbocycles. The summed E-state index contributed by atoms with van der Waals surface area (Å²) in [5.41, 5.74) is 1.12. The molecule has 0 spiro atoms. The molecule has 156 valence electrons. The van der Waals surface area contributed by atoms with E-state index in [-0.39, 0.29) is 4.90 Å². The van der Waals surface area contributed by atoms with E-state index >= 15 is 0 Å². The Labute approximate surface area is 166 Å². The first kappa shape index (κ1) is 24.1. The summed E-state index contributed by atoms with van der Waals surface area (Å²) in [6.07, 6.45) is 16.0. The average molecular weight is 399 g/mol. The van der Waals surface area contributed by atoms with Crippen molar-refractivity contribution in [3.63, 3.8) is 0 Å². The number of unbranched alkanes of at least 4 members (excludes halogenated alkanes) is 10. The molecule has 0 amide bonds. The van der Waals surface area contributed by atoms with Gasteiger partial charge in [0.1, 0.15) is 0 Å². The van der Waals surface area contributed by atoms with Gasteiger partial charge in [-0.2, -0.15) is 8.42 Å². The molecule has 5 heteroatoms. The predicted octanol–water partition coefficient (Wildman–Crippen LogP) is 6.19. The van der Waals surface area contributed by atoms with Crippen molar-refractivity contribution in [2.24, 2.45) is 0 Å². The third-order valence-electron chi connectivity index (χ3n) is 4.87. The van der Waals surface area contributed by atoms with Gasteiger partial charge in [0.15, 0.2) is 0 Å². The molecule has 0 atom stereocenters. The van der Waals surface area contributed by atoms with Crippen molar-refractivity contribution in [2.75, 3.05) is 13.2 Å². The highest BCUT2D eigenvalue weighted by Crippen LogP contribution is 2.14. The summed E-state index contributed by atoms with van der Waals surface area (Å²) in [6, 6.07) is 6.50. The molecule has 1 N–H and O–H groups in total. The zero-order chi connectivity index (χ0) is 19.8. The largest absolute Gasteiger partial charge is 0.381 e. The van der Waals surface area contributed by atoms with E-state index in [1.165, 1.54) is 76.3 Å². The van der Waals surface area contributed by atoms with E-state index in [1.54, 1.807) is 12.1 Å². The van der Waals surface area contributed by atoms with Gasteiger partial charge in [0.05, 0.1) is 4.90 Å². The normalized spacial score (nSPS) is 11.8. The summed E-state index contributed by atoms with van der Waals surface area (Å²) in [4.78, 5) is -0.0371. The third-order valence-corrected chi connectivity index (χ3v) is 5.74. The average Bonchev–Trinajstić information content (AvgIpc) is 2.64. The van der Waals surface area contributed by atoms with Crippen LogP contribution in [-0.4, -0.2) is 26.2 Å². The molecule has 1 rings (SSSR count). The van der Waals surface area contributed by atoms with Gasteiger partial charge in [0, 0.05) is 13.2 Å². The van der Waals surface area contributed by atoms with Gasteiger partial charge in [-0.05, 0) is 43.4 Å². The Hall–Kier alpha value is -0.910. The Morgan fingerprint density at radius 2 is 1.22 bits per heavy atom. The molecule has 0 fully saturated rings. The Balaban J connectivity index is 1.88. The lowest BCUT2D eigenvalue weighted by Gasteiger charge is -2.05. The Morgan fingerprint density at radius 1 is 0.741 bits per heavy atom. The first-order valence-electron chi connectivity index (χ1n) is 10.7. The van der Waals surface area contributed by atoms with Crippen LogP contribution in [-0.2, 0) is 21.3 Å². The van der Waals surface area contributed by atoms with E-state index in [1.807, 2.05) is 0 Å². The maximum absolute atomic E-state index is 11.0. The fourth-order valence-electron chi connectivity index (χ4n) is 3.15. The van der Waals surface area contributed by atoms with Crippen LogP contribution in [0.1, 0.15) is 89.5 Å². The standard InChI is InChI=1S/C22H38O4S/c1-2-3-4-5-9-12-19-26-20-13-10-7-6-8-11-14-21-15-17-22(18-16-21)27(23,24)25/h15-18H,2-14,19-20H2,1H3,(H,23,24,25). The first-order chi connectivity index (χ1) is 13.0. The zero-order valence-electron chi connectivity index (χ0n) is 17.0. The van der Waals surface area contributed by atoms with Crippen LogP contribution >= 0.6 is 0 Å². The minimum absolute atomic E-state index is 0.0371. The third kappa shape index (κ3) is 13.0. The van der Waals surface area contributed by atoms with Gasteiger partial charge in [0.2, 0.25) is 0 Å². The Morgan fingerprint density at radius 3 is 1.74 bits per heavy atom. The van der Waals surface area contributed by atoms with Crippen LogP contribution in [0.4, 0.5) is 0 Å². The summed E-state index contributed by atoms with van der Waals surface area (Å²) < 4.78 is 36.7. The number of hydrogen-bond donors (Lipinski definition) is 1. The van der Waals surface area contributed by atoms with Crippen molar-refractivity contribution < 1.29 is 17.7 Å². The van der Waals surface area contributed by atoms with Crippen LogP contribution < -0.4 is 0 Å². The fraction of sp³-hybridized carbons (Fsp3) is 0.727. The maximum atomic E-state index is 11.0. The second-order valence-electron chi connectivity index (χ2n) is 7.37. The number of hydrogen-bond acceptors (Lipinski definition) is 3. The summed E-state index contributed by atoms with van der Waals surface area (Å²) >= 11 is 0. The topological polar surface area (TPSA) is 63.6 Å². The molecule has 4 nitrogen and oxygen atoms in total. The molecule has 1 aromatic rings. The van der Waals surface area contributed by atoms with E-state index in [0.29, 0.717) is 0 Å². The molecule has 0 aliphatic heterocycles. The second-order valence-corrected chi connectivity index (χ2v) is 8.79. The van der Waals surface area contributed by atoms with Crippen molar-refractivity contribution in [1.29, 1.82) is 0 Å². The lowest BCUT2D eigenvalue weighted by atomic mass is 10.1. The number of benzene rings is 1. The van der Waals surface area contributed by atoms with Crippen molar-refractivity contribution in [3.05, 3.63) is 29.8 Å². The first-order valence-corrected chi connectivity index (χ1v) is 12.1. The van der Waals surface area contributed by atoms with Crippen LogP contribution in [0, 0.1) is 0 Å². The Kier molecular flexibility index (Phi) is 13.5. The number of ether oxygens (including phenoxy) is 1. The molecular weight excluding hydrogens is 360 g/mol. The van der Waals surface area contributed by atoms with Gasteiger partial charge in [0.25, 0.3) is 10.1 Å². The quantitative estimate of drug-likeness (QED) is 0.251. The van der Waals surface area contributed by atoms with E-state index in [0.717, 1.165) is 38.0 Å². The molecule has 0 aromatic heterocycles. The van der Waals surface area contributed by atoms with Gasteiger partial charge < -0.3 is 4.74 Å². The van der Waals surface area contributed by atoms with Crippen molar-refractivity contribution in [2.45, 2.75) is 95.3 Å². The lowest BCUT2D eigenvalue weighted by molar-refractivity contribution is 0.125. The Bertz CT molecular complexity index is 566. The summed E-state index contributed by atoms with van der Waals surface area (Å²) in [5, 5.41) is 0. The van der Waals surface area contributed by atoms with E-state index in [9.17, 15) is 8.42 Å². The van der Waals surface area contributed by atoms with E-state index in [4.69, 9.17) is 9.29 Å². The molecule has 0 saturated heterocycles. The molecule has 0 unspecified atom stereocenters. The van der Waals surface area contributed by atoms with Crippen molar-refractivity contribution in [3.8, 4) is 0 Å². The van der Waals surface area contributed by atoms with Crippen LogP contribution in [0.2, 0.25) is 0 Å². The van der Waals surface area contributed by atoms with Gasteiger partial charge in [-0.3, -0.25) is 4.55 Å². The highest BCUT2D eigenvalue weighted by Gasteiger charge is 2.08. The molecule has 0 bridgehead atoms. The monoisotopic (exact) mass is 398 g/mol. The molecule has 27 heavy (non-hydrogen) atoms. The van der Waals surface area contributed by atoms with Gasteiger partial charge >= 0.3 is 0 Å². The molecular formula is C22H38O4S. The zero-order valence-corrected chi connectivity index (χ0v) is 17.8. The fourth-order valence-corrected chi connectivity index (χ4v) is 3.63. The van der Waals surface area contributed by atoms with Crippen LogP contribution in [0.15, 0.2) is 29.2 Å². The summed E-state index contributed by atoms with van der Waals surface area (Å²) in [6.45, 7) is 4.06. The van der Waals surface area contributed by atoms with Gasteiger partial charge in [-0.15, -0.1) is 0 Å². The summed E-state index contributed by atoms with van der Waals surface area (Å²) in [5.74, 6) is 0. The predicted molar refractivity (Wildman–Crippen MR) is 112 cm³/mol. The van der Waals surface area contributed by atoms with Gasteiger partial charge in [-0.1, -0.05) is 76.8 Å². The summed E-state index contributed by atoms with van der Waals surface area (Å²) in [7, 11) is -4.08. The van der Waals surface area contributed by atoms with Crippen molar-refractivity contribution in [1.82, 2.24) is 0 Å². The van der Waals surface area contributed by atoms with Crippen LogP contribution in [0.3, 0.4) is 0 Å². The molecule has 0 aliphatic rings. The molecule has 0 aliphatic carbocycles. The van der Waals surface area contributed by atoms with Gasteiger partial charge in [-0.25, -0.2) is 0 Å². The lowest BCUT2D eigenvalue weighted by Crippen LogP contribution is -1.98. The van der Waals surface area contributed by atoms with E-state index in [2.05, 4.69) is 6.92 Å². The number of rotatable bonds is 17. The molecule has 0 radical (unpaired) electrons. The maximum Gasteiger partial charge on any atom is 0.294 e. The molecule has 0 heterocycles. The minimum Gasteiger partial charge on any atom is -0.381 e. The van der Waals surface area contributed by atoms with E-state index < -0.39 is 10.1 Å². The second kappa shape index (κ2) is 15.1. The van der Waals surface area contributed by atoms with Crippen molar-refractivity contribution >= 4 is 10.1 Å². The minimum atomic E-state index is -4.08. The van der Waals surface area contributed by atoms with Crippen LogP contribution in [0.5, 0.6) is 0 Å².